The average Bonchev–Trinajstić information content (AvgIpc) is 2.33. The molecule has 114 valence electrons. The Morgan fingerprint density at radius 2 is 1.90 bits per heavy atom. The van der Waals surface area contributed by atoms with E-state index in [-0.39, 0.29) is 6.10 Å². The SMILES string of the molecule is CCCCCCC(C)Nc1nc(C)cc(OC(C)C)n1. The van der Waals surface area contributed by atoms with Crippen LogP contribution in [0.15, 0.2) is 6.07 Å². The monoisotopic (exact) mass is 279 g/mol. The van der Waals surface area contributed by atoms with Gasteiger partial charge < -0.3 is 10.1 Å². The smallest absolute Gasteiger partial charge is 0.226 e. The van der Waals surface area contributed by atoms with Crippen molar-refractivity contribution in [3.8, 4) is 5.88 Å². The van der Waals surface area contributed by atoms with Crippen LogP contribution in [0.2, 0.25) is 0 Å². The Morgan fingerprint density at radius 3 is 2.55 bits per heavy atom. The largest absolute Gasteiger partial charge is 0.475 e. The first-order valence-corrected chi connectivity index (χ1v) is 7.80. The van der Waals surface area contributed by atoms with E-state index in [0.29, 0.717) is 17.9 Å². The third-order valence-electron chi connectivity index (χ3n) is 3.05. The first-order valence-electron chi connectivity index (χ1n) is 7.80. The number of aryl methyl sites for hydroxylation is 1. The summed E-state index contributed by atoms with van der Waals surface area (Å²) in [6.07, 6.45) is 6.43. The van der Waals surface area contributed by atoms with E-state index >= 15 is 0 Å². The molecule has 1 aromatic rings. The van der Waals surface area contributed by atoms with Gasteiger partial charge in [-0.15, -0.1) is 0 Å². The number of anilines is 1. The normalized spacial score (nSPS) is 12.5. The molecule has 1 aromatic heterocycles. The molecule has 0 aromatic carbocycles. The number of hydrogen-bond donors (Lipinski definition) is 1. The van der Waals surface area contributed by atoms with Gasteiger partial charge in [0.1, 0.15) is 0 Å². The number of ether oxygens (including phenoxy) is 1. The Hall–Kier alpha value is -1.32. The fourth-order valence-electron chi connectivity index (χ4n) is 2.08. The molecule has 4 nitrogen and oxygen atoms in total. The molecular formula is C16H29N3O. The van der Waals surface area contributed by atoms with E-state index in [4.69, 9.17) is 4.74 Å². The van der Waals surface area contributed by atoms with E-state index < -0.39 is 0 Å². The van der Waals surface area contributed by atoms with E-state index in [0.717, 1.165) is 12.1 Å². The lowest BCUT2D eigenvalue weighted by Crippen LogP contribution is -2.18. The topological polar surface area (TPSA) is 47.0 Å². The highest BCUT2D eigenvalue weighted by molar-refractivity contribution is 5.31. The average molecular weight is 279 g/mol. The van der Waals surface area contributed by atoms with Gasteiger partial charge in [-0.05, 0) is 34.1 Å². The Labute approximate surface area is 123 Å². The maximum absolute atomic E-state index is 5.64. The molecule has 0 radical (unpaired) electrons. The summed E-state index contributed by atoms with van der Waals surface area (Å²) in [6, 6.07) is 2.26. The van der Waals surface area contributed by atoms with Crippen molar-refractivity contribution in [3.05, 3.63) is 11.8 Å². The predicted molar refractivity (Wildman–Crippen MR) is 84.4 cm³/mol. The Morgan fingerprint density at radius 1 is 1.15 bits per heavy atom. The van der Waals surface area contributed by atoms with Crippen LogP contribution in [0.3, 0.4) is 0 Å². The van der Waals surface area contributed by atoms with Gasteiger partial charge in [-0.2, -0.15) is 4.98 Å². The third kappa shape index (κ3) is 6.73. The van der Waals surface area contributed by atoms with Crippen LogP contribution in [0, 0.1) is 6.92 Å². The van der Waals surface area contributed by atoms with Crippen molar-refractivity contribution in [2.24, 2.45) is 0 Å². The fraction of sp³-hybridized carbons (Fsp3) is 0.750. The van der Waals surface area contributed by atoms with Crippen LogP contribution in [0.5, 0.6) is 5.88 Å². The first kappa shape index (κ1) is 16.7. The first-order chi connectivity index (χ1) is 9.51. The minimum atomic E-state index is 0.128. The van der Waals surface area contributed by atoms with Gasteiger partial charge in [0.15, 0.2) is 0 Å². The molecule has 0 spiro atoms. The molecule has 20 heavy (non-hydrogen) atoms. The van der Waals surface area contributed by atoms with Gasteiger partial charge in [-0.25, -0.2) is 4.98 Å². The lowest BCUT2D eigenvalue weighted by Gasteiger charge is -2.15. The highest BCUT2D eigenvalue weighted by Crippen LogP contribution is 2.15. The molecule has 0 bridgehead atoms. The van der Waals surface area contributed by atoms with Crippen LogP contribution in [-0.4, -0.2) is 22.1 Å². The number of unbranched alkanes of at least 4 members (excludes halogenated alkanes) is 3. The zero-order valence-corrected chi connectivity index (χ0v) is 13.6. The number of rotatable bonds is 9. The summed E-state index contributed by atoms with van der Waals surface area (Å²) >= 11 is 0. The summed E-state index contributed by atoms with van der Waals surface area (Å²) in [5.41, 5.74) is 0.927. The zero-order chi connectivity index (χ0) is 15.0. The van der Waals surface area contributed by atoms with E-state index in [9.17, 15) is 0 Å². The number of nitrogens with zero attached hydrogens (tertiary/aromatic N) is 2. The Bertz CT molecular complexity index is 393. The molecule has 1 N–H and O–H groups in total. The van der Waals surface area contributed by atoms with Crippen molar-refractivity contribution in [2.45, 2.75) is 78.9 Å². The van der Waals surface area contributed by atoms with Crippen molar-refractivity contribution in [1.29, 1.82) is 0 Å². The van der Waals surface area contributed by atoms with Gasteiger partial charge >= 0.3 is 0 Å². The van der Waals surface area contributed by atoms with Crippen molar-refractivity contribution in [3.63, 3.8) is 0 Å². The Balaban J connectivity index is 2.51. The van der Waals surface area contributed by atoms with Gasteiger partial charge in [-0.3, -0.25) is 0 Å². The summed E-state index contributed by atoms with van der Waals surface area (Å²) in [7, 11) is 0. The molecule has 1 rings (SSSR count). The van der Waals surface area contributed by atoms with E-state index in [1.54, 1.807) is 0 Å². The molecule has 1 unspecified atom stereocenters. The third-order valence-corrected chi connectivity index (χ3v) is 3.05. The standard InChI is InChI=1S/C16H29N3O/c1-6-7-8-9-10-13(4)17-16-18-14(5)11-15(19-16)20-12(2)3/h11-13H,6-10H2,1-5H3,(H,17,18,19). The number of hydrogen-bond acceptors (Lipinski definition) is 4. The van der Waals surface area contributed by atoms with Gasteiger partial charge in [0.25, 0.3) is 0 Å². The number of aromatic nitrogens is 2. The van der Waals surface area contributed by atoms with Crippen LogP contribution in [0.25, 0.3) is 0 Å². The molecule has 1 atom stereocenters. The van der Waals surface area contributed by atoms with Crippen LogP contribution in [0.4, 0.5) is 5.95 Å². The van der Waals surface area contributed by atoms with E-state index in [1.165, 1.54) is 25.7 Å². The predicted octanol–water partition coefficient (Wildman–Crippen LogP) is 4.34. The van der Waals surface area contributed by atoms with Crippen LogP contribution in [-0.2, 0) is 0 Å². The lowest BCUT2D eigenvalue weighted by molar-refractivity contribution is 0.232. The molecule has 0 saturated heterocycles. The minimum Gasteiger partial charge on any atom is -0.475 e. The summed E-state index contributed by atoms with van der Waals surface area (Å²) in [4.78, 5) is 8.84. The molecule has 0 amide bonds. The molecule has 0 saturated carbocycles. The van der Waals surface area contributed by atoms with Gasteiger partial charge in [0.2, 0.25) is 11.8 Å². The van der Waals surface area contributed by atoms with E-state index in [2.05, 4.69) is 29.1 Å². The molecule has 0 aliphatic heterocycles. The van der Waals surface area contributed by atoms with E-state index in [1.807, 2.05) is 26.8 Å². The van der Waals surface area contributed by atoms with Crippen molar-refractivity contribution >= 4 is 5.95 Å². The van der Waals surface area contributed by atoms with Crippen LogP contribution in [0.1, 0.15) is 65.5 Å². The fourth-order valence-corrected chi connectivity index (χ4v) is 2.08. The molecule has 0 fully saturated rings. The second kappa shape index (κ2) is 8.77. The summed E-state index contributed by atoms with van der Waals surface area (Å²) in [5.74, 6) is 1.32. The molecule has 1 heterocycles. The maximum Gasteiger partial charge on any atom is 0.226 e. The van der Waals surface area contributed by atoms with Gasteiger partial charge in [-0.1, -0.05) is 32.6 Å². The van der Waals surface area contributed by atoms with Gasteiger partial charge in [0, 0.05) is 17.8 Å². The minimum absolute atomic E-state index is 0.128. The summed E-state index contributed by atoms with van der Waals surface area (Å²) < 4.78 is 5.64. The van der Waals surface area contributed by atoms with Gasteiger partial charge in [0.05, 0.1) is 6.10 Å². The van der Waals surface area contributed by atoms with Crippen molar-refractivity contribution in [1.82, 2.24) is 9.97 Å². The summed E-state index contributed by atoms with van der Waals surface area (Å²) in [6.45, 7) is 10.4. The highest BCUT2D eigenvalue weighted by atomic mass is 16.5. The molecule has 4 heteroatoms. The second-order valence-corrected chi connectivity index (χ2v) is 5.73. The molecule has 0 aliphatic carbocycles. The zero-order valence-electron chi connectivity index (χ0n) is 13.6. The Kier molecular flexibility index (Phi) is 7.34. The van der Waals surface area contributed by atoms with Crippen molar-refractivity contribution in [2.75, 3.05) is 5.32 Å². The maximum atomic E-state index is 5.64. The number of nitrogens with one attached hydrogen (secondary N) is 1. The van der Waals surface area contributed by atoms with Crippen LogP contribution >= 0.6 is 0 Å². The highest BCUT2D eigenvalue weighted by Gasteiger charge is 2.08. The quantitative estimate of drug-likeness (QED) is 0.683. The van der Waals surface area contributed by atoms with Crippen molar-refractivity contribution < 1.29 is 4.74 Å². The second-order valence-electron chi connectivity index (χ2n) is 5.73. The molecular weight excluding hydrogens is 250 g/mol. The molecule has 0 aliphatic rings. The van der Waals surface area contributed by atoms with Crippen LogP contribution < -0.4 is 10.1 Å². The lowest BCUT2D eigenvalue weighted by atomic mass is 10.1. The summed E-state index contributed by atoms with van der Waals surface area (Å²) in [5, 5.41) is 3.37.